The normalized spacial score (nSPS) is 20.4. The molecule has 0 radical (unpaired) electrons. The smallest absolute Gasteiger partial charge is 0.441 e. The molecule has 1 aliphatic rings. The molecule has 126 valence electrons. The average molecular weight is 317 g/mol. The molecule has 0 bridgehead atoms. The fourth-order valence-electron chi connectivity index (χ4n) is 2.23. The molecule has 0 atom stereocenters. The fourth-order valence-corrected chi connectivity index (χ4v) is 2.23. The van der Waals surface area contributed by atoms with Crippen molar-refractivity contribution >= 4 is 12.6 Å². The Balaban J connectivity index is 2.28. The first-order chi connectivity index (χ1) is 10.6. The second kappa shape index (κ2) is 6.21. The Labute approximate surface area is 140 Å². The van der Waals surface area contributed by atoms with E-state index in [1.165, 1.54) is 0 Å². The summed E-state index contributed by atoms with van der Waals surface area (Å²) in [6.45, 7) is 14.2. The van der Waals surface area contributed by atoms with Crippen molar-refractivity contribution in [3.63, 3.8) is 0 Å². The molecule has 23 heavy (non-hydrogen) atoms. The third kappa shape index (κ3) is 3.56. The zero-order valence-corrected chi connectivity index (χ0v) is 15.3. The Hall–Kier alpha value is -1.46. The minimum absolute atomic E-state index is 0.360. The molecular weight excluding hydrogens is 289 g/mol. The van der Waals surface area contributed by atoms with Crippen LogP contribution in [0.15, 0.2) is 29.7 Å². The van der Waals surface area contributed by atoms with Crippen LogP contribution < -0.4 is 15.9 Å². The van der Waals surface area contributed by atoms with E-state index >= 15 is 0 Å². The molecule has 0 aromatic heterocycles. The first-order valence-electron chi connectivity index (χ1n) is 8.16. The van der Waals surface area contributed by atoms with Crippen LogP contribution in [0.2, 0.25) is 0 Å². The topological polar surface area (TPSA) is 53.7 Å². The van der Waals surface area contributed by atoms with E-state index in [1.807, 2.05) is 59.7 Å². The van der Waals surface area contributed by atoms with Gasteiger partial charge in [-0.25, -0.2) is 0 Å². The predicted octanol–water partition coefficient (Wildman–Crippen LogP) is 3.27. The van der Waals surface area contributed by atoms with Crippen molar-refractivity contribution in [2.45, 2.75) is 66.1 Å². The van der Waals surface area contributed by atoms with Gasteiger partial charge in [0.1, 0.15) is 5.75 Å². The van der Waals surface area contributed by atoms with E-state index in [9.17, 15) is 0 Å². The van der Waals surface area contributed by atoms with Crippen LogP contribution in [0.5, 0.6) is 5.75 Å². The summed E-state index contributed by atoms with van der Waals surface area (Å²) in [7, 11) is -0.402. The second-order valence-corrected chi connectivity index (χ2v) is 7.21. The van der Waals surface area contributed by atoms with Gasteiger partial charge < -0.3 is 19.8 Å². The van der Waals surface area contributed by atoms with Gasteiger partial charge in [0.05, 0.1) is 11.2 Å². The second-order valence-electron chi connectivity index (χ2n) is 7.21. The summed E-state index contributed by atoms with van der Waals surface area (Å²) in [6.07, 6.45) is 0.863. The van der Waals surface area contributed by atoms with E-state index in [0.717, 1.165) is 28.8 Å². The molecule has 1 aromatic rings. The third-order valence-corrected chi connectivity index (χ3v) is 4.91. The maximum Gasteiger partial charge on any atom is 0.494 e. The maximum absolute atomic E-state index is 6.10. The van der Waals surface area contributed by atoms with Crippen LogP contribution in [0.4, 0.5) is 0 Å². The lowest BCUT2D eigenvalue weighted by atomic mass is 9.78. The average Bonchev–Trinajstić information content (AvgIpc) is 2.68. The van der Waals surface area contributed by atoms with Crippen LogP contribution in [-0.4, -0.2) is 18.3 Å². The highest BCUT2D eigenvalue weighted by Gasteiger charge is 2.51. The van der Waals surface area contributed by atoms with Crippen molar-refractivity contribution in [1.29, 1.82) is 0 Å². The highest BCUT2D eigenvalue weighted by molar-refractivity contribution is 6.62. The summed E-state index contributed by atoms with van der Waals surface area (Å²) >= 11 is 0. The van der Waals surface area contributed by atoms with Crippen LogP contribution in [-0.2, 0) is 9.31 Å². The quantitative estimate of drug-likeness (QED) is 0.684. The number of rotatable bonds is 4. The Bertz CT molecular complexity index is 607. The van der Waals surface area contributed by atoms with Gasteiger partial charge in [-0.2, -0.15) is 0 Å². The van der Waals surface area contributed by atoms with Gasteiger partial charge in [-0.05, 0) is 70.6 Å². The van der Waals surface area contributed by atoms with E-state index in [1.54, 1.807) is 0 Å². The predicted molar refractivity (Wildman–Crippen MR) is 94.7 cm³/mol. The monoisotopic (exact) mass is 317 g/mol. The number of hydrogen-bond acceptors (Lipinski definition) is 4. The van der Waals surface area contributed by atoms with Gasteiger partial charge in [0.2, 0.25) is 0 Å². The summed E-state index contributed by atoms with van der Waals surface area (Å²) < 4.78 is 18.0. The van der Waals surface area contributed by atoms with E-state index in [0.29, 0.717) is 5.88 Å². The lowest BCUT2D eigenvalue weighted by molar-refractivity contribution is 0.00578. The highest BCUT2D eigenvalue weighted by atomic mass is 16.7. The molecule has 0 spiro atoms. The van der Waals surface area contributed by atoms with Crippen molar-refractivity contribution in [3.8, 4) is 5.75 Å². The van der Waals surface area contributed by atoms with E-state index < -0.39 is 7.12 Å². The Morgan fingerprint density at radius 3 is 2.26 bits per heavy atom. The number of ether oxygens (including phenoxy) is 1. The fraction of sp³-hybridized carbons (Fsp3) is 0.556. The molecule has 1 aliphatic heterocycles. The van der Waals surface area contributed by atoms with Gasteiger partial charge in [-0.15, -0.1) is 0 Å². The van der Waals surface area contributed by atoms with Crippen molar-refractivity contribution in [2.24, 2.45) is 5.73 Å². The van der Waals surface area contributed by atoms with E-state index in [4.69, 9.17) is 19.8 Å². The lowest BCUT2D eigenvalue weighted by Crippen LogP contribution is -2.41. The van der Waals surface area contributed by atoms with Gasteiger partial charge in [0, 0.05) is 0 Å². The summed E-state index contributed by atoms with van der Waals surface area (Å²) in [5.41, 5.74) is 8.29. The standard InChI is InChI=1S/C18H28BNO3/c1-8-12(2)16(20)21-15-11-14(10-9-13(15)3)19-22-17(4,5)18(6,7)23-19/h9-11H,8,20H2,1-7H3. The first kappa shape index (κ1) is 17.9. The van der Waals surface area contributed by atoms with Gasteiger partial charge in [0.15, 0.2) is 5.88 Å². The molecule has 1 heterocycles. The first-order valence-corrected chi connectivity index (χ1v) is 8.16. The van der Waals surface area contributed by atoms with Crippen molar-refractivity contribution in [2.75, 3.05) is 0 Å². The molecule has 0 aliphatic carbocycles. The number of nitrogens with two attached hydrogens (primary N) is 1. The Morgan fingerprint density at radius 2 is 1.74 bits per heavy atom. The Morgan fingerprint density at radius 1 is 1.17 bits per heavy atom. The van der Waals surface area contributed by atoms with Gasteiger partial charge in [0.25, 0.3) is 0 Å². The maximum atomic E-state index is 6.10. The highest BCUT2D eigenvalue weighted by Crippen LogP contribution is 2.36. The summed E-state index contributed by atoms with van der Waals surface area (Å²) in [4.78, 5) is 0. The summed E-state index contributed by atoms with van der Waals surface area (Å²) in [5, 5.41) is 0. The lowest BCUT2D eigenvalue weighted by Gasteiger charge is -2.32. The van der Waals surface area contributed by atoms with E-state index in [2.05, 4.69) is 6.92 Å². The minimum atomic E-state index is -0.402. The number of hydrogen-bond donors (Lipinski definition) is 1. The molecule has 2 N–H and O–H groups in total. The minimum Gasteiger partial charge on any atom is -0.441 e. The SMILES string of the molecule is CCC(C)=C(N)Oc1cc(B2OC(C)(C)C(C)(C)O2)ccc1C. The van der Waals surface area contributed by atoms with E-state index in [-0.39, 0.29) is 11.2 Å². The van der Waals surface area contributed by atoms with Crippen LogP contribution in [0.25, 0.3) is 0 Å². The molecule has 5 heteroatoms. The molecule has 1 saturated heterocycles. The zero-order chi connectivity index (χ0) is 17.4. The van der Waals surface area contributed by atoms with Crippen molar-refractivity contribution in [3.05, 3.63) is 35.2 Å². The Kier molecular flexibility index (Phi) is 4.83. The number of allylic oxidation sites excluding steroid dienone is 1. The molecule has 1 fully saturated rings. The molecule has 1 aromatic carbocycles. The molecular formula is C18H28BNO3. The zero-order valence-electron chi connectivity index (χ0n) is 15.3. The number of aryl methyl sites for hydroxylation is 1. The third-order valence-electron chi connectivity index (χ3n) is 4.91. The molecule has 4 nitrogen and oxygen atoms in total. The van der Waals surface area contributed by atoms with Gasteiger partial charge in [-0.3, -0.25) is 0 Å². The largest absolute Gasteiger partial charge is 0.494 e. The van der Waals surface area contributed by atoms with Crippen LogP contribution in [0.1, 0.15) is 53.5 Å². The van der Waals surface area contributed by atoms with Crippen molar-refractivity contribution < 1.29 is 14.0 Å². The molecule has 0 unspecified atom stereocenters. The van der Waals surface area contributed by atoms with Crippen LogP contribution in [0, 0.1) is 6.92 Å². The molecule has 0 amide bonds. The van der Waals surface area contributed by atoms with Gasteiger partial charge in [-0.1, -0.05) is 19.1 Å². The summed E-state index contributed by atoms with van der Waals surface area (Å²) in [6, 6.07) is 5.97. The van der Waals surface area contributed by atoms with Crippen LogP contribution in [0.3, 0.4) is 0 Å². The van der Waals surface area contributed by atoms with Crippen molar-refractivity contribution in [1.82, 2.24) is 0 Å². The van der Waals surface area contributed by atoms with Gasteiger partial charge >= 0.3 is 7.12 Å². The molecule has 0 saturated carbocycles. The van der Waals surface area contributed by atoms with Crippen LogP contribution >= 0.6 is 0 Å². The number of benzene rings is 1. The molecule has 2 rings (SSSR count). The summed E-state index contributed by atoms with van der Waals surface area (Å²) in [5.74, 6) is 1.20.